The number of nitrogens with zero attached hydrogens (tertiary/aromatic N) is 2. The lowest BCUT2D eigenvalue weighted by molar-refractivity contribution is -0.155. The molecule has 30 heavy (non-hydrogen) atoms. The van der Waals surface area contributed by atoms with Gasteiger partial charge in [-0.15, -0.1) is 0 Å². The summed E-state index contributed by atoms with van der Waals surface area (Å²) in [5.41, 5.74) is 2.97. The van der Waals surface area contributed by atoms with Crippen LogP contribution in [0.2, 0.25) is 0 Å². The first-order valence-electron chi connectivity index (χ1n) is 10.3. The highest BCUT2D eigenvalue weighted by Gasteiger charge is 2.36. The predicted molar refractivity (Wildman–Crippen MR) is 115 cm³/mol. The molecule has 2 atom stereocenters. The molecule has 1 heterocycles. The molecule has 6 heteroatoms. The molecule has 6 nitrogen and oxygen atoms in total. The van der Waals surface area contributed by atoms with Crippen LogP contribution in [0.3, 0.4) is 0 Å². The van der Waals surface area contributed by atoms with Gasteiger partial charge in [0.2, 0.25) is 5.91 Å². The van der Waals surface area contributed by atoms with Gasteiger partial charge in [0.05, 0.1) is 12.0 Å². The number of carbonyl (C=O) groups excluding carboxylic acids is 3. The van der Waals surface area contributed by atoms with Gasteiger partial charge in [-0.1, -0.05) is 49.4 Å². The van der Waals surface area contributed by atoms with Gasteiger partial charge in [0.1, 0.15) is 0 Å². The number of likely N-dealkylation sites (N-methyl/N-ethyl adjacent to an activating group) is 1. The maximum atomic E-state index is 12.5. The van der Waals surface area contributed by atoms with Gasteiger partial charge in [-0.2, -0.15) is 0 Å². The van der Waals surface area contributed by atoms with Crippen LogP contribution in [0.25, 0.3) is 0 Å². The summed E-state index contributed by atoms with van der Waals surface area (Å²) in [6.45, 7) is 3.93. The second-order valence-electron chi connectivity index (χ2n) is 7.62. The van der Waals surface area contributed by atoms with Gasteiger partial charge in [-0.3, -0.25) is 14.4 Å². The van der Waals surface area contributed by atoms with Crippen LogP contribution in [-0.4, -0.2) is 42.9 Å². The molecule has 1 aliphatic heterocycles. The molecule has 2 amide bonds. The zero-order valence-electron chi connectivity index (χ0n) is 17.7. The Bertz CT molecular complexity index is 895. The van der Waals surface area contributed by atoms with Crippen molar-refractivity contribution in [3.05, 3.63) is 65.7 Å². The number of ether oxygens (including phenoxy) is 1. The lowest BCUT2D eigenvalue weighted by Gasteiger charge is -2.25. The number of rotatable bonds is 7. The molecular weight excluding hydrogens is 380 g/mol. The predicted octanol–water partition coefficient (Wildman–Crippen LogP) is 3.36. The number of hydrogen-bond donors (Lipinski definition) is 0. The van der Waals surface area contributed by atoms with E-state index in [1.807, 2.05) is 61.5 Å². The third-order valence-corrected chi connectivity index (χ3v) is 5.71. The van der Waals surface area contributed by atoms with Gasteiger partial charge < -0.3 is 14.5 Å². The van der Waals surface area contributed by atoms with Crippen LogP contribution in [0.15, 0.2) is 54.6 Å². The first-order valence-corrected chi connectivity index (χ1v) is 10.3. The summed E-state index contributed by atoms with van der Waals surface area (Å²) >= 11 is 0. The third kappa shape index (κ3) is 4.87. The molecule has 1 aliphatic rings. The Morgan fingerprint density at radius 2 is 1.80 bits per heavy atom. The topological polar surface area (TPSA) is 66.9 Å². The number of esters is 1. The fraction of sp³-hybridized carbons (Fsp3) is 0.375. The summed E-state index contributed by atoms with van der Waals surface area (Å²) in [5.74, 6) is -1.46. The van der Waals surface area contributed by atoms with Crippen LogP contribution in [0.5, 0.6) is 0 Å². The minimum Gasteiger partial charge on any atom is -0.455 e. The Balaban J connectivity index is 1.53. The second-order valence-corrected chi connectivity index (χ2v) is 7.62. The molecule has 0 saturated carbocycles. The molecule has 0 bridgehead atoms. The van der Waals surface area contributed by atoms with E-state index >= 15 is 0 Å². The van der Waals surface area contributed by atoms with Crippen LogP contribution in [0.4, 0.5) is 5.69 Å². The quantitative estimate of drug-likeness (QED) is 0.659. The number of amides is 2. The summed E-state index contributed by atoms with van der Waals surface area (Å²) in [4.78, 5) is 40.5. The summed E-state index contributed by atoms with van der Waals surface area (Å²) in [6.07, 6.45) is 1.02. The van der Waals surface area contributed by atoms with E-state index in [4.69, 9.17) is 4.74 Å². The zero-order valence-corrected chi connectivity index (χ0v) is 17.7. The minimum atomic E-state index is -0.562. The Morgan fingerprint density at radius 1 is 1.13 bits per heavy atom. The molecule has 0 radical (unpaired) electrons. The molecule has 3 rings (SSSR count). The van der Waals surface area contributed by atoms with Crippen molar-refractivity contribution in [2.75, 3.05) is 25.1 Å². The maximum Gasteiger partial charge on any atom is 0.311 e. The monoisotopic (exact) mass is 408 g/mol. The van der Waals surface area contributed by atoms with Gasteiger partial charge in [0, 0.05) is 25.7 Å². The lowest BCUT2D eigenvalue weighted by atomic mass is 10.1. The molecule has 2 aromatic carbocycles. The van der Waals surface area contributed by atoms with E-state index in [0.717, 1.165) is 17.7 Å². The number of carbonyl (C=O) groups is 3. The molecule has 0 N–H and O–H groups in total. The fourth-order valence-electron chi connectivity index (χ4n) is 3.55. The molecule has 0 spiro atoms. The van der Waals surface area contributed by atoms with Gasteiger partial charge in [0.15, 0.2) is 6.61 Å². The van der Waals surface area contributed by atoms with Crippen LogP contribution < -0.4 is 4.90 Å². The minimum absolute atomic E-state index is 0.0960. The van der Waals surface area contributed by atoms with E-state index in [0.29, 0.717) is 0 Å². The normalized spacial score (nSPS) is 17.0. The Labute approximate surface area is 177 Å². The van der Waals surface area contributed by atoms with E-state index in [1.54, 1.807) is 16.8 Å². The van der Waals surface area contributed by atoms with E-state index in [1.165, 1.54) is 5.56 Å². The average Bonchev–Trinajstić information content (AvgIpc) is 3.18. The van der Waals surface area contributed by atoms with Crippen molar-refractivity contribution < 1.29 is 19.1 Å². The molecule has 1 saturated heterocycles. The van der Waals surface area contributed by atoms with E-state index < -0.39 is 11.9 Å². The van der Waals surface area contributed by atoms with Crippen LogP contribution in [0, 0.1) is 5.92 Å². The summed E-state index contributed by atoms with van der Waals surface area (Å²) in [7, 11) is 1.69. The van der Waals surface area contributed by atoms with Crippen molar-refractivity contribution in [3.63, 3.8) is 0 Å². The van der Waals surface area contributed by atoms with Crippen molar-refractivity contribution in [1.29, 1.82) is 0 Å². The maximum absolute atomic E-state index is 12.5. The Morgan fingerprint density at radius 3 is 2.43 bits per heavy atom. The van der Waals surface area contributed by atoms with Crippen LogP contribution in [-0.2, 0) is 25.5 Å². The van der Waals surface area contributed by atoms with Crippen molar-refractivity contribution in [1.82, 2.24) is 4.90 Å². The first kappa shape index (κ1) is 21.6. The highest BCUT2D eigenvalue weighted by atomic mass is 16.5. The summed E-state index contributed by atoms with van der Waals surface area (Å²) in [6, 6.07) is 17.3. The molecular formula is C24H28N2O4. The third-order valence-electron chi connectivity index (χ3n) is 5.71. The lowest BCUT2D eigenvalue weighted by Crippen LogP contribution is -2.34. The average molecular weight is 408 g/mol. The number of aryl methyl sites for hydroxylation is 1. The molecule has 0 aromatic heterocycles. The SMILES string of the molecule is CCc1ccc(N2CC(C(=O)OCC(=O)N(C)C(C)c3ccccc3)CC2=O)cc1. The Kier molecular flexibility index (Phi) is 6.87. The van der Waals surface area contributed by atoms with Gasteiger partial charge in [-0.25, -0.2) is 0 Å². The first-order chi connectivity index (χ1) is 14.4. The molecule has 2 aromatic rings. The van der Waals surface area contributed by atoms with Crippen molar-refractivity contribution >= 4 is 23.5 Å². The smallest absolute Gasteiger partial charge is 0.311 e. The number of hydrogen-bond acceptors (Lipinski definition) is 4. The van der Waals surface area contributed by atoms with Crippen molar-refractivity contribution in [3.8, 4) is 0 Å². The highest BCUT2D eigenvalue weighted by molar-refractivity contribution is 5.99. The summed E-state index contributed by atoms with van der Waals surface area (Å²) in [5, 5.41) is 0. The van der Waals surface area contributed by atoms with Gasteiger partial charge in [0.25, 0.3) is 5.91 Å². The van der Waals surface area contributed by atoms with E-state index in [9.17, 15) is 14.4 Å². The standard InChI is InChI=1S/C24H28N2O4/c1-4-18-10-12-21(13-11-18)26-15-20(14-22(26)27)24(29)30-16-23(28)25(3)17(2)19-8-6-5-7-9-19/h5-13,17,20H,4,14-16H2,1-3H3. The van der Waals surface area contributed by atoms with Crippen LogP contribution >= 0.6 is 0 Å². The second kappa shape index (κ2) is 9.57. The van der Waals surface area contributed by atoms with Gasteiger partial charge >= 0.3 is 5.97 Å². The van der Waals surface area contributed by atoms with E-state index in [-0.39, 0.29) is 37.4 Å². The van der Waals surface area contributed by atoms with E-state index in [2.05, 4.69) is 6.92 Å². The number of benzene rings is 2. The van der Waals surface area contributed by atoms with Gasteiger partial charge in [-0.05, 0) is 36.6 Å². The molecule has 1 fully saturated rings. The summed E-state index contributed by atoms with van der Waals surface area (Å²) < 4.78 is 5.25. The van der Waals surface area contributed by atoms with Crippen molar-refractivity contribution in [2.24, 2.45) is 5.92 Å². The highest BCUT2D eigenvalue weighted by Crippen LogP contribution is 2.26. The van der Waals surface area contributed by atoms with Crippen molar-refractivity contribution in [2.45, 2.75) is 32.7 Å². The van der Waals surface area contributed by atoms with Crippen LogP contribution in [0.1, 0.15) is 37.4 Å². The fourth-order valence-corrected chi connectivity index (χ4v) is 3.55. The Hall–Kier alpha value is -3.15. The largest absolute Gasteiger partial charge is 0.455 e. The molecule has 158 valence electrons. The molecule has 2 unspecified atom stereocenters. The molecule has 0 aliphatic carbocycles. The number of anilines is 1. The zero-order chi connectivity index (χ0) is 21.7.